The summed E-state index contributed by atoms with van der Waals surface area (Å²) >= 11 is 0. The minimum absolute atomic E-state index is 0.0144. The van der Waals surface area contributed by atoms with Gasteiger partial charge in [-0.1, -0.05) is 42.5 Å². The van der Waals surface area contributed by atoms with Crippen molar-refractivity contribution in [3.05, 3.63) is 65.2 Å². The molecule has 1 atom stereocenters. The zero-order valence-electron chi connectivity index (χ0n) is 14.6. The molecule has 0 aliphatic heterocycles. The smallest absolute Gasteiger partial charge is 0.238 e. The average molecular weight is 326 g/mol. The number of nitrogens with one attached hydrogen (secondary N) is 1. The van der Waals surface area contributed by atoms with Crippen molar-refractivity contribution >= 4 is 11.6 Å². The SMILES string of the molecule is Cc1ccc(C)c(NC(=O)CN(C)C(CCO)c2ccccc2)c1. The minimum Gasteiger partial charge on any atom is -0.396 e. The standard InChI is InChI=1S/C20H26N2O2/c1-15-9-10-16(2)18(13-15)21-20(24)14-22(3)19(11-12-23)17-7-5-4-6-8-17/h4-10,13,19,23H,11-12,14H2,1-3H3,(H,21,24). The summed E-state index contributed by atoms with van der Waals surface area (Å²) in [6.45, 7) is 4.35. The molecule has 2 rings (SSSR count). The molecule has 1 unspecified atom stereocenters. The fourth-order valence-corrected chi connectivity index (χ4v) is 2.84. The van der Waals surface area contributed by atoms with E-state index in [0.29, 0.717) is 6.42 Å². The number of carbonyl (C=O) groups excluding carboxylic acids is 1. The molecule has 0 saturated heterocycles. The van der Waals surface area contributed by atoms with E-state index in [2.05, 4.69) is 5.32 Å². The van der Waals surface area contributed by atoms with Gasteiger partial charge in [0.15, 0.2) is 0 Å². The number of aryl methyl sites for hydroxylation is 2. The van der Waals surface area contributed by atoms with Crippen molar-refractivity contribution in [3.63, 3.8) is 0 Å². The van der Waals surface area contributed by atoms with Crippen molar-refractivity contribution in [1.29, 1.82) is 0 Å². The van der Waals surface area contributed by atoms with Crippen molar-refractivity contribution < 1.29 is 9.90 Å². The number of likely N-dealkylation sites (N-methyl/N-ethyl adjacent to an activating group) is 1. The van der Waals surface area contributed by atoms with Gasteiger partial charge in [0.25, 0.3) is 0 Å². The third-order valence-corrected chi connectivity index (χ3v) is 4.18. The molecule has 128 valence electrons. The van der Waals surface area contributed by atoms with Crippen molar-refractivity contribution in [1.82, 2.24) is 4.90 Å². The van der Waals surface area contributed by atoms with Gasteiger partial charge in [-0.3, -0.25) is 9.69 Å². The van der Waals surface area contributed by atoms with E-state index in [1.165, 1.54) is 0 Å². The Balaban J connectivity index is 2.04. The number of hydrogen-bond acceptors (Lipinski definition) is 3. The van der Waals surface area contributed by atoms with E-state index in [-0.39, 0.29) is 25.1 Å². The average Bonchev–Trinajstić information content (AvgIpc) is 2.56. The highest BCUT2D eigenvalue weighted by molar-refractivity contribution is 5.93. The summed E-state index contributed by atoms with van der Waals surface area (Å²) in [5.41, 5.74) is 4.12. The maximum atomic E-state index is 12.4. The predicted octanol–water partition coefficient (Wildman–Crippen LogP) is 3.30. The van der Waals surface area contributed by atoms with E-state index in [9.17, 15) is 9.90 Å². The van der Waals surface area contributed by atoms with Gasteiger partial charge in [0.1, 0.15) is 0 Å². The zero-order valence-corrected chi connectivity index (χ0v) is 14.6. The molecule has 0 aliphatic rings. The van der Waals surface area contributed by atoms with Gasteiger partial charge in [-0.25, -0.2) is 0 Å². The van der Waals surface area contributed by atoms with Crippen LogP contribution in [0.15, 0.2) is 48.5 Å². The molecule has 0 spiro atoms. The maximum absolute atomic E-state index is 12.4. The largest absolute Gasteiger partial charge is 0.396 e. The number of hydrogen-bond donors (Lipinski definition) is 2. The Labute approximate surface area is 144 Å². The van der Waals surface area contributed by atoms with Gasteiger partial charge in [-0.15, -0.1) is 0 Å². The zero-order chi connectivity index (χ0) is 17.5. The summed E-state index contributed by atoms with van der Waals surface area (Å²) in [5.74, 6) is -0.0509. The molecule has 4 nitrogen and oxygen atoms in total. The Bertz CT molecular complexity index is 671. The van der Waals surface area contributed by atoms with Crippen molar-refractivity contribution in [2.45, 2.75) is 26.3 Å². The van der Waals surface area contributed by atoms with Gasteiger partial charge in [-0.05, 0) is 50.1 Å². The second-order valence-corrected chi connectivity index (χ2v) is 6.22. The number of carbonyl (C=O) groups is 1. The van der Waals surface area contributed by atoms with Crippen LogP contribution in [0.4, 0.5) is 5.69 Å². The molecule has 0 heterocycles. The molecular formula is C20H26N2O2. The molecule has 2 aromatic rings. The third-order valence-electron chi connectivity index (χ3n) is 4.18. The van der Waals surface area contributed by atoms with E-state index in [1.807, 2.05) is 74.3 Å². The lowest BCUT2D eigenvalue weighted by Gasteiger charge is -2.27. The Kier molecular flexibility index (Phi) is 6.53. The molecular weight excluding hydrogens is 300 g/mol. The van der Waals surface area contributed by atoms with Gasteiger partial charge in [0.2, 0.25) is 5.91 Å². The summed E-state index contributed by atoms with van der Waals surface area (Å²) in [6, 6.07) is 16.0. The van der Waals surface area contributed by atoms with Gasteiger partial charge in [0, 0.05) is 18.3 Å². The number of amides is 1. The summed E-state index contributed by atoms with van der Waals surface area (Å²) < 4.78 is 0. The van der Waals surface area contributed by atoms with Crippen LogP contribution in [-0.4, -0.2) is 36.1 Å². The van der Waals surface area contributed by atoms with Crippen LogP contribution in [0.2, 0.25) is 0 Å². The third kappa shape index (κ3) is 4.91. The van der Waals surface area contributed by atoms with Crippen LogP contribution in [0.1, 0.15) is 29.2 Å². The van der Waals surface area contributed by atoms with E-state index >= 15 is 0 Å². The lowest BCUT2D eigenvalue weighted by Crippen LogP contribution is -2.34. The van der Waals surface area contributed by atoms with Crippen LogP contribution < -0.4 is 5.32 Å². The molecule has 4 heteroatoms. The Morgan fingerprint density at radius 1 is 1.17 bits per heavy atom. The van der Waals surface area contributed by atoms with Crippen LogP contribution in [0.3, 0.4) is 0 Å². The van der Waals surface area contributed by atoms with Crippen LogP contribution in [-0.2, 0) is 4.79 Å². The molecule has 0 fully saturated rings. The Morgan fingerprint density at radius 3 is 2.54 bits per heavy atom. The van der Waals surface area contributed by atoms with Gasteiger partial charge < -0.3 is 10.4 Å². The first-order chi connectivity index (χ1) is 11.5. The number of benzene rings is 2. The quantitative estimate of drug-likeness (QED) is 0.821. The monoisotopic (exact) mass is 326 g/mol. The van der Waals surface area contributed by atoms with E-state index in [1.54, 1.807) is 0 Å². The summed E-state index contributed by atoms with van der Waals surface area (Å²) in [6.07, 6.45) is 0.595. The molecule has 0 bridgehead atoms. The van der Waals surface area contributed by atoms with Crippen molar-refractivity contribution in [3.8, 4) is 0 Å². The number of nitrogens with zero attached hydrogens (tertiary/aromatic N) is 1. The molecule has 1 amide bonds. The van der Waals surface area contributed by atoms with E-state index in [0.717, 1.165) is 22.4 Å². The second-order valence-electron chi connectivity index (χ2n) is 6.22. The molecule has 0 aliphatic carbocycles. The Hall–Kier alpha value is -2.17. The highest BCUT2D eigenvalue weighted by Gasteiger charge is 2.19. The van der Waals surface area contributed by atoms with Crippen LogP contribution >= 0.6 is 0 Å². The predicted molar refractivity (Wildman–Crippen MR) is 98.1 cm³/mol. The second kappa shape index (κ2) is 8.62. The number of aliphatic hydroxyl groups is 1. The van der Waals surface area contributed by atoms with Gasteiger partial charge in [-0.2, -0.15) is 0 Å². The van der Waals surface area contributed by atoms with Crippen molar-refractivity contribution in [2.75, 3.05) is 25.5 Å². The molecule has 2 aromatic carbocycles. The highest BCUT2D eigenvalue weighted by Crippen LogP contribution is 2.23. The first-order valence-corrected chi connectivity index (χ1v) is 8.24. The summed E-state index contributed by atoms with van der Waals surface area (Å²) in [5, 5.41) is 12.3. The van der Waals surface area contributed by atoms with Crippen LogP contribution in [0.5, 0.6) is 0 Å². The van der Waals surface area contributed by atoms with E-state index < -0.39 is 0 Å². The van der Waals surface area contributed by atoms with Gasteiger partial charge >= 0.3 is 0 Å². The lowest BCUT2D eigenvalue weighted by molar-refractivity contribution is -0.117. The normalized spacial score (nSPS) is 12.2. The molecule has 0 saturated carbocycles. The first-order valence-electron chi connectivity index (χ1n) is 8.24. The summed E-state index contributed by atoms with van der Waals surface area (Å²) in [7, 11) is 1.91. The molecule has 24 heavy (non-hydrogen) atoms. The fraction of sp³-hybridized carbons (Fsp3) is 0.350. The summed E-state index contributed by atoms with van der Waals surface area (Å²) in [4.78, 5) is 14.4. The fourth-order valence-electron chi connectivity index (χ4n) is 2.84. The van der Waals surface area contributed by atoms with E-state index in [4.69, 9.17) is 0 Å². The maximum Gasteiger partial charge on any atom is 0.238 e. The minimum atomic E-state index is -0.0509. The molecule has 0 aromatic heterocycles. The number of anilines is 1. The first kappa shape index (κ1) is 18.2. The van der Waals surface area contributed by atoms with Crippen LogP contribution in [0, 0.1) is 13.8 Å². The topological polar surface area (TPSA) is 52.6 Å². The lowest BCUT2D eigenvalue weighted by atomic mass is 10.0. The molecule has 2 N–H and O–H groups in total. The van der Waals surface area contributed by atoms with Crippen LogP contribution in [0.25, 0.3) is 0 Å². The Morgan fingerprint density at radius 2 is 1.88 bits per heavy atom. The number of aliphatic hydroxyl groups excluding tert-OH is 1. The number of rotatable bonds is 7. The highest BCUT2D eigenvalue weighted by atomic mass is 16.3. The molecule has 0 radical (unpaired) electrons. The van der Waals surface area contributed by atoms with Gasteiger partial charge in [0.05, 0.1) is 6.54 Å². The van der Waals surface area contributed by atoms with Crippen molar-refractivity contribution in [2.24, 2.45) is 0 Å².